The summed E-state index contributed by atoms with van der Waals surface area (Å²) >= 11 is 1.55. The molecule has 0 bridgehead atoms. The van der Waals surface area contributed by atoms with Gasteiger partial charge in [0.2, 0.25) is 5.91 Å². The first kappa shape index (κ1) is 15.5. The highest BCUT2D eigenvalue weighted by Gasteiger charge is 2.25. The lowest BCUT2D eigenvalue weighted by Gasteiger charge is -2.16. The van der Waals surface area contributed by atoms with Gasteiger partial charge in [0, 0.05) is 16.7 Å². The number of amides is 2. The summed E-state index contributed by atoms with van der Waals surface area (Å²) in [5.41, 5.74) is 6.63. The summed E-state index contributed by atoms with van der Waals surface area (Å²) in [5.74, 6) is -2.12. The van der Waals surface area contributed by atoms with Crippen molar-refractivity contribution in [3.8, 4) is 0 Å². The SMILES string of the molecule is NC(=O)CCC(NC(=O)c1csc2c1CCCC2)C(=O)O. The lowest BCUT2D eigenvalue weighted by molar-refractivity contribution is -0.139. The van der Waals surface area contributed by atoms with Gasteiger partial charge < -0.3 is 16.2 Å². The van der Waals surface area contributed by atoms with E-state index < -0.39 is 17.9 Å². The number of carboxylic acids is 1. The summed E-state index contributed by atoms with van der Waals surface area (Å²) in [7, 11) is 0. The Morgan fingerprint density at radius 1 is 1.33 bits per heavy atom. The molecule has 0 saturated carbocycles. The van der Waals surface area contributed by atoms with Crippen LogP contribution in [0.5, 0.6) is 0 Å². The third-order valence-corrected chi connectivity index (χ3v) is 4.68. The van der Waals surface area contributed by atoms with Crippen molar-refractivity contribution in [2.24, 2.45) is 5.73 Å². The highest BCUT2D eigenvalue weighted by atomic mass is 32.1. The van der Waals surface area contributed by atoms with E-state index in [1.807, 2.05) is 0 Å². The molecule has 1 unspecified atom stereocenters. The summed E-state index contributed by atoms with van der Waals surface area (Å²) < 4.78 is 0. The number of hydrogen-bond donors (Lipinski definition) is 3. The van der Waals surface area contributed by atoms with E-state index in [4.69, 9.17) is 10.8 Å². The van der Waals surface area contributed by atoms with Crippen LogP contribution in [0.3, 0.4) is 0 Å². The quantitative estimate of drug-likeness (QED) is 0.730. The van der Waals surface area contributed by atoms with Gasteiger partial charge in [-0.05, 0) is 37.7 Å². The monoisotopic (exact) mass is 310 g/mol. The van der Waals surface area contributed by atoms with E-state index in [2.05, 4.69) is 5.32 Å². The topological polar surface area (TPSA) is 109 Å². The molecule has 2 rings (SSSR count). The predicted octanol–water partition coefficient (Wildman–Crippen LogP) is 1.08. The first-order chi connectivity index (χ1) is 9.99. The number of carbonyl (C=O) groups excluding carboxylic acids is 2. The zero-order valence-electron chi connectivity index (χ0n) is 11.6. The van der Waals surface area contributed by atoms with Gasteiger partial charge in [-0.15, -0.1) is 11.3 Å². The van der Waals surface area contributed by atoms with E-state index in [1.54, 1.807) is 16.7 Å². The van der Waals surface area contributed by atoms with Crippen molar-refractivity contribution in [3.05, 3.63) is 21.4 Å². The van der Waals surface area contributed by atoms with Gasteiger partial charge in [0.05, 0.1) is 5.56 Å². The minimum absolute atomic E-state index is 0.00271. The van der Waals surface area contributed by atoms with Gasteiger partial charge in [-0.25, -0.2) is 4.79 Å². The molecule has 1 aliphatic rings. The maximum Gasteiger partial charge on any atom is 0.326 e. The summed E-state index contributed by atoms with van der Waals surface area (Å²) in [5, 5.41) is 13.4. The van der Waals surface area contributed by atoms with Crippen molar-refractivity contribution < 1.29 is 19.5 Å². The van der Waals surface area contributed by atoms with Gasteiger partial charge in [-0.1, -0.05) is 0 Å². The zero-order valence-corrected chi connectivity index (χ0v) is 12.4. The fraction of sp³-hybridized carbons (Fsp3) is 0.500. The molecule has 1 aromatic rings. The van der Waals surface area contributed by atoms with Crippen LogP contribution in [-0.4, -0.2) is 28.9 Å². The minimum Gasteiger partial charge on any atom is -0.480 e. The molecule has 7 heteroatoms. The highest BCUT2D eigenvalue weighted by Crippen LogP contribution is 2.30. The molecule has 0 fully saturated rings. The molecule has 0 spiro atoms. The summed E-state index contributed by atoms with van der Waals surface area (Å²) in [6, 6.07) is -1.09. The Kier molecular flexibility index (Phi) is 4.95. The Balaban J connectivity index is 2.06. The van der Waals surface area contributed by atoms with Crippen LogP contribution in [0.2, 0.25) is 0 Å². The van der Waals surface area contributed by atoms with E-state index in [9.17, 15) is 14.4 Å². The maximum atomic E-state index is 12.3. The smallest absolute Gasteiger partial charge is 0.326 e. The molecule has 0 radical (unpaired) electrons. The molecule has 1 atom stereocenters. The zero-order chi connectivity index (χ0) is 15.4. The van der Waals surface area contributed by atoms with Gasteiger partial charge in [0.25, 0.3) is 5.91 Å². The Hall–Kier alpha value is -1.89. The third kappa shape index (κ3) is 3.81. The van der Waals surface area contributed by atoms with E-state index >= 15 is 0 Å². The summed E-state index contributed by atoms with van der Waals surface area (Å²) in [4.78, 5) is 35.4. The number of primary amides is 1. The first-order valence-electron chi connectivity index (χ1n) is 6.90. The maximum absolute atomic E-state index is 12.3. The van der Waals surface area contributed by atoms with E-state index in [0.29, 0.717) is 5.56 Å². The number of nitrogens with one attached hydrogen (secondary N) is 1. The molecule has 1 aromatic heterocycles. The van der Waals surface area contributed by atoms with Crippen LogP contribution in [0.1, 0.15) is 46.5 Å². The Labute approximate surface area is 126 Å². The van der Waals surface area contributed by atoms with Crippen LogP contribution in [0.4, 0.5) is 0 Å². The van der Waals surface area contributed by atoms with Gasteiger partial charge in [-0.3, -0.25) is 9.59 Å². The summed E-state index contributed by atoms with van der Waals surface area (Å²) in [6.07, 6.45) is 3.96. The van der Waals surface area contributed by atoms with Crippen molar-refractivity contribution in [3.63, 3.8) is 0 Å². The van der Waals surface area contributed by atoms with Crippen LogP contribution in [-0.2, 0) is 22.4 Å². The van der Waals surface area contributed by atoms with E-state index in [1.165, 1.54) is 4.88 Å². The largest absolute Gasteiger partial charge is 0.480 e. The molecule has 6 nitrogen and oxygen atoms in total. The van der Waals surface area contributed by atoms with Crippen LogP contribution in [0.25, 0.3) is 0 Å². The van der Waals surface area contributed by atoms with Gasteiger partial charge >= 0.3 is 5.97 Å². The van der Waals surface area contributed by atoms with Gasteiger partial charge in [0.15, 0.2) is 0 Å². The molecule has 114 valence electrons. The van der Waals surface area contributed by atoms with Crippen molar-refractivity contribution in [1.29, 1.82) is 0 Å². The second kappa shape index (κ2) is 6.71. The Morgan fingerprint density at radius 3 is 2.71 bits per heavy atom. The fourth-order valence-electron chi connectivity index (χ4n) is 2.46. The number of thiophene rings is 1. The number of rotatable bonds is 6. The lowest BCUT2D eigenvalue weighted by atomic mass is 9.95. The normalized spacial score (nSPS) is 15.0. The molecule has 0 aliphatic heterocycles. The van der Waals surface area contributed by atoms with Gasteiger partial charge in [0.1, 0.15) is 6.04 Å². The number of carboxylic acid groups (broad SMARTS) is 1. The van der Waals surface area contributed by atoms with Crippen LogP contribution in [0, 0.1) is 0 Å². The standard InChI is InChI=1S/C14H18N2O4S/c15-12(17)6-5-10(14(19)20)16-13(18)9-7-21-11-4-2-1-3-8(9)11/h7,10H,1-6H2,(H2,15,17)(H,16,18)(H,19,20). The van der Waals surface area contributed by atoms with Crippen molar-refractivity contribution in [2.45, 2.75) is 44.6 Å². The fourth-order valence-corrected chi connectivity index (χ4v) is 3.59. The molecule has 4 N–H and O–H groups in total. The second-order valence-corrected chi connectivity index (χ2v) is 6.09. The van der Waals surface area contributed by atoms with Crippen LogP contribution < -0.4 is 11.1 Å². The highest BCUT2D eigenvalue weighted by molar-refractivity contribution is 7.10. The first-order valence-corrected chi connectivity index (χ1v) is 7.78. The van der Waals surface area contributed by atoms with E-state index in [-0.39, 0.29) is 18.7 Å². The number of aryl methyl sites for hydroxylation is 1. The lowest BCUT2D eigenvalue weighted by Crippen LogP contribution is -2.41. The van der Waals surface area contributed by atoms with Crippen LogP contribution in [0.15, 0.2) is 5.38 Å². The number of nitrogens with two attached hydrogens (primary N) is 1. The minimum atomic E-state index is -1.16. The number of fused-ring (bicyclic) bond motifs is 1. The number of carbonyl (C=O) groups is 3. The molecular formula is C14H18N2O4S. The third-order valence-electron chi connectivity index (χ3n) is 3.59. The van der Waals surface area contributed by atoms with Crippen molar-refractivity contribution in [2.75, 3.05) is 0 Å². The Morgan fingerprint density at radius 2 is 2.05 bits per heavy atom. The van der Waals surface area contributed by atoms with E-state index in [0.717, 1.165) is 31.2 Å². The molecular weight excluding hydrogens is 292 g/mol. The molecule has 0 saturated heterocycles. The second-order valence-electron chi connectivity index (χ2n) is 5.13. The number of aliphatic carboxylic acids is 1. The Bertz CT molecular complexity index is 567. The van der Waals surface area contributed by atoms with Crippen molar-refractivity contribution >= 4 is 29.1 Å². The van der Waals surface area contributed by atoms with Gasteiger partial charge in [-0.2, -0.15) is 0 Å². The molecule has 2 amide bonds. The average Bonchev–Trinajstić information content (AvgIpc) is 2.86. The number of hydrogen-bond acceptors (Lipinski definition) is 4. The molecule has 21 heavy (non-hydrogen) atoms. The molecule has 1 aliphatic carbocycles. The average molecular weight is 310 g/mol. The molecule has 1 heterocycles. The van der Waals surface area contributed by atoms with Crippen molar-refractivity contribution in [1.82, 2.24) is 5.32 Å². The predicted molar refractivity (Wildman–Crippen MR) is 78.3 cm³/mol. The summed E-state index contributed by atoms with van der Waals surface area (Å²) in [6.45, 7) is 0. The molecule has 0 aromatic carbocycles. The van der Waals surface area contributed by atoms with Crippen LogP contribution >= 0.6 is 11.3 Å².